The highest BCUT2D eigenvalue weighted by molar-refractivity contribution is 5.79. The molecule has 5 nitrogen and oxygen atoms in total. The van der Waals surface area contributed by atoms with E-state index in [1.165, 1.54) is 0 Å². The maximum atomic E-state index is 12.0. The van der Waals surface area contributed by atoms with Crippen LogP contribution in [0.1, 0.15) is 30.7 Å². The lowest BCUT2D eigenvalue weighted by molar-refractivity contribution is -0.125. The standard InChI is InChI=1S/C16H21N3O2/c1-10-4-2-7-13-15(10)19-14(21-13)8-9-18-16(20)11-5-3-6-12(11)17/h2,4,7,11-12H,3,5-6,8-9,17H2,1H3,(H,18,20). The Morgan fingerprint density at radius 1 is 1.48 bits per heavy atom. The van der Waals surface area contributed by atoms with E-state index < -0.39 is 0 Å². The number of para-hydroxylation sites is 1. The second-order valence-electron chi connectivity index (χ2n) is 5.77. The number of nitrogens with two attached hydrogens (primary N) is 1. The molecule has 1 aromatic heterocycles. The van der Waals surface area contributed by atoms with Gasteiger partial charge in [-0.3, -0.25) is 4.79 Å². The fourth-order valence-electron chi connectivity index (χ4n) is 2.98. The van der Waals surface area contributed by atoms with Crippen LogP contribution in [0.3, 0.4) is 0 Å². The van der Waals surface area contributed by atoms with Gasteiger partial charge in [-0.25, -0.2) is 4.98 Å². The summed E-state index contributed by atoms with van der Waals surface area (Å²) in [5, 5.41) is 2.94. The van der Waals surface area contributed by atoms with E-state index in [1.54, 1.807) is 0 Å². The molecule has 0 saturated heterocycles. The molecule has 3 rings (SSSR count). The summed E-state index contributed by atoms with van der Waals surface area (Å²) >= 11 is 0. The van der Waals surface area contributed by atoms with Crippen molar-refractivity contribution in [1.29, 1.82) is 0 Å². The van der Waals surface area contributed by atoms with Crippen molar-refractivity contribution in [1.82, 2.24) is 10.3 Å². The maximum Gasteiger partial charge on any atom is 0.224 e. The summed E-state index contributed by atoms with van der Waals surface area (Å²) in [4.78, 5) is 16.5. The summed E-state index contributed by atoms with van der Waals surface area (Å²) in [6.45, 7) is 2.55. The molecule has 0 spiro atoms. The summed E-state index contributed by atoms with van der Waals surface area (Å²) < 4.78 is 5.69. The summed E-state index contributed by atoms with van der Waals surface area (Å²) in [5.74, 6) is 0.693. The maximum absolute atomic E-state index is 12.0. The number of oxazole rings is 1. The van der Waals surface area contributed by atoms with Gasteiger partial charge in [0.25, 0.3) is 0 Å². The highest BCUT2D eigenvalue weighted by Crippen LogP contribution is 2.24. The number of benzene rings is 1. The van der Waals surface area contributed by atoms with Gasteiger partial charge in [-0.1, -0.05) is 18.6 Å². The minimum atomic E-state index is -0.0316. The third kappa shape index (κ3) is 2.93. The number of hydrogen-bond donors (Lipinski definition) is 2. The second-order valence-corrected chi connectivity index (χ2v) is 5.77. The normalized spacial score (nSPS) is 21.8. The Balaban J connectivity index is 1.57. The zero-order chi connectivity index (χ0) is 14.8. The van der Waals surface area contributed by atoms with Crippen LogP contribution >= 0.6 is 0 Å². The van der Waals surface area contributed by atoms with Crippen molar-refractivity contribution in [3.63, 3.8) is 0 Å². The Kier molecular flexibility index (Phi) is 3.92. The van der Waals surface area contributed by atoms with E-state index in [0.717, 1.165) is 35.9 Å². The van der Waals surface area contributed by atoms with E-state index in [9.17, 15) is 4.79 Å². The average Bonchev–Trinajstić information content (AvgIpc) is 3.05. The molecule has 1 amide bonds. The van der Waals surface area contributed by atoms with Gasteiger partial charge < -0.3 is 15.5 Å². The number of aromatic nitrogens is 1. The van der Waals surface area contributed by atoms with Crippen LogP contribution in [0.5, 0.6) is 0 Å². The zero-order valence-electron chi connectivity index (χ0n) is 12.3. The van der Waals surface area contributed by atoms with Gasteiger partial charge in [0.2, 0.25) is 5.91 Å². The number of carbonyl (C=O) groups is 1. The summed E-state index contributed by atoms with van der Waals surface area (Å²) in [6, 6.07) is 5.89. The predicted octanol–water partition coefficient (Wildman–Crippen LogP) is 1.92. The van der Waals surface area contributed by atoms with Gasteiger partial charge in [0, 0.05) is 19.0 Å². The van der Waals surface area contributed by atoms with Crippen LogP contribution in [0.25, 0.3) is 11.1 Å². The van der Waals surface area contributed by atoms with Crippen LogP contribution in [0.15, 0.2) is 22.6 Å². The van der Waals surface area contributed by atoms with Crippen molar-refractivity contribution in [3.05, 3.63) is 29.7 Å². The van der Waals surface area contributed by atoms with Gasteiger partial charge in [0.05, 0.1) is 5.92 Å². The first-order valence-corrected chi connectivity index (χ1v) is 7.53. The molecule has 112 valence electrons. The summed E-state index contributed by atoms with van der Waals surface area (Å²) in [5.41, 5.74) is 8.74. The van der Waals surface area contributed by atoms with Gasteiger partial charge in [-0.15, -0.1) is 0 Å². The van der Waals surface area contributed by atoms with Crippen LogP contribution in [-0.4, -0.2) is 23.5 Å². The van der Waals surface area contributed by atoms with Gasteiger partial charge in [-0.05, 0) is 31.4 Å². The van der Waals surface area contributed by atoms with Crippen LogP contribution < -0.4 is 11.1 Å². The fourth-order valence-corrected chi connectivity index (χ4v) is 2.98. The Labute approximate surface area is 123 Å². The fraction of sp³-hybridized carbons (Fsp3) is 0.500. The van der Waals surface area contributed by atoms with E-state index in [-0.39, 0.29) is 17.9 Å². The quantitative estimate of drug-likeness (QED) is 0.900. The molecule has 1 aliphatic carbocycles. The molecule has 2 atom stereocenters. The molecule has 1 heterocycles. The lowest BCUT2D eigenvalue weighted by Gasteiger charge is -2.14. The molecule has 0 aliphatic heterocycles. The minimum absolute atomic E-state index is 0.0111. The van der Waals surface area contributed by atoms with E-state index in [2.05, 4.69) is 10.3 Å². The van der Waals surface area contributed by atoms with E-state index in [4.69, 9.17) is 10.2 Å². The molecule has 1 aliphatic rings. The highest BCUT2D eigenvalue weighted by atomic mass is 16.3. The number of amides is 1. The number of aryl methyl sites for hydroxylation is 1. The Hall–Kier alpha value is -1.88. The second kappa shape index (κ2) is 5.85. The number of carbonyl (C=O) groups excluding carboxylic acids is 1. The number of nitrogens with one attached hydrogen (secondary N) is 1. The van der Waals surface area contributed by atoms with Crippen LogP contribution in [0.2, 0.25) is 0 Å². The number of rotatable bonds is 4. The SMILES string of the molecule is Cc1cccc2oc(CCNC(=O)C3CCCC3N)nc12. The first-order chi connectivity index (χ1) is 10.1. The Bertz CT molecular complexity index is 650. The van der Waals surface area contributed by atoms with Crippen LogP contribution in [0, 0.1) is 12.8 Å². The van der Waals surface area contributed by atoms with Gasteiger partial charge in [0.15, 0.2) is 11.5 Å². The average molecular weight is 287 g/mol. The molecule has 0 bridgehead atoms. The van der Waals surface area contributed by atoms with Crippen LogP contribution in [0.4, 0.5) is 0 Å². The smallest absolute Gasteiger partial charge is 0.224 e. The molecule has 2 aromatic rings. The van der Waals surface area contributed by atoms with Crippen molar-refractivity contribution in [2.24, 2.45) is 11.7 Å². The molecule has 0 radical (unpaired) electrons. The predicted molar refractivity (Wildman–Crippen MR) is 80.8 cm³/mol. The molecule has 1 fully saturated rings. The van der Waals surface area contributed by atoms with Gasteiger partial charge in [0.1, 0.15) is 5.52 Å². The highest BCUT2D eigenvalue weighted by Gasteiger charge is 2.29. The van der Waals surface area contributed by atoms with Gasteiger partial charge in [-0.2, -0.15) is 0 Å². The van der Waals surface area contributed by atoms with Crippen molar-refractivity contribution in [2.75, 3.05) is 6.54 Å². The first kappa shape index (κ1) is 14.1. The molecule has 5 heteroatoms. The third-order valence-electron chi connectivity index (χ3n) is 4.21. The molecule has 1 saturated carbocycles. The summed E-state index contributed by atoms with van der Waals surface area (Å²) in [6.07, 6.45) is 3.49. The first-order valence-electron chi connectivity index (χ1n) is 7.53. The van der Waals surface area contributed by atoms with Gasteiger partial charge >= 0.3 is 0 Å². The van der Waals surface area contributed by atoms with Crippen molar-refractivity contribution >= 4 is 17.0 Å². The molecule has 1 aromatic carbocycles. The molecular formula is C16H21N3O2. The van der Waals surface area contributed by atoms with E-state index in [0.29, 0.717) is 18.9 Å². The molecule has 2 unspecified atom stereocenters. The monoisotopic (exact) mass is 287 g/mol. The Morgan fingerprint density at radius 2 is 2.33 bits per heavy atom. The summed E-state index contributed by atoms with van der Waals surface area (Å²) in [7, 11) is 0. The largest absolute Gasteiger partial charge is 0.441 e. The molecule has 21 heavy (non-hydrogen) atoms. The van der Waals surface area contributed by atoms with E-state index in [1.807, 2.05) is 25.1 Å². The zero-order valence-corrected chi connectivity index (χ0v) is 12.3. The Morgan fingerprint density at radius 3 is 3.05 bits per heavy atom. The number of nitrogens with zero attached hydrogens (tertiary/aromatic N) is 1. The van der Waals surface area contributed by atoms with Crippen molar-refractivity contribution in [2.45, 2.75) is 38.6 Å². The van der Waals surface area contributed by atoms with E-state index >= 15 is 0 Å². The molecule has 3 N–H and O–H groups in total. The number of hydrogen-bond acceptors (Lipinski definition) is 4. The third-order valence-corrected chi connectivity index (χ3v) is 4.21. The number of fused-ring (bicyclic) bond motifs is 1. The van der Waals surface area contributed by atoms with Crippen molar-refractivity contribution < 1.29 is 9.21 Å². The lowest BCUT2D eigenvalue weighted by atomic mass is 10.0. The van der Waals surface area contributed by atoms with Crippen molar-refractivity contribution in [3.8, 4) is 0 Å². The minimum Gasteiger partial charge on any atom is -0.441 e. The molecular weight excluding hydrogens is 266 g/mol. The van der Waals surface area contributed by atoms with Crippen LogP contribution in [-0.2, 0) is 11.2 Å². The topological polar surface area (TPSA) is 81.2 Å². The lowest BCUT2D eigenvalue weighted by Crippen LogP contribution is -2.39.